The molecule has 0 aliphatic heterocycles. The number of hydrogen-bond donors (Lipinski definition) is 0. The Kier molecular flexibility index (Phi) is 3.30. The second-order valence-electron chi connectivity index (χ2n) is 3.09. The Labute approximate surface area is 94.1 Å². The predicted octanol–water partition coefficient (Wildman–Crippen LogP) is 4.20. The van der Waals surface area contributed by atoms with E-state index in [1.165, 1.54) is 4.90 Å². The van der Waals surface area contributed by atoms with E-state index in [-0.39, 0.29) is 0 Å². The molecule has 0 saturated heterocycles. The molecule has 0 amide bonds. The van der Waals surface area contributed by atoms with Crippen molar-refractivity contribution in [1.29, 1.82) is 0 Å². The average molecular weight is 216 g/mol. The van der Waals surface area contributed by atoms with E-state index in [2.05, 4.69) is 12.3 Å². The third-order valence-electron chi connectivity index (χ3n) is 2.02. The molecule has 2 aromatic rings. The van der Waals surface area contributed by atoms with Crippen molar-refractivity contribution < 1.29 is 4.74 Å². The van der Waals surface area contributed by atoms with Crippen LogP contribution in [0.1, 0.15) is 0 Å². The molecule has 0 aliphatic carbocycles. The highest BCUT2D eigenvalue weighted by Crippen LogP contribution is 2.25. The van der Waals surface area contributed by atoms with E-state index >= 15 is 0 Å². The molecule has 0 bridgehead atoms. The predicted molar refractivity (Wildman–Crippen MR) is 64.7 cm³/mol. The smallest absolute Gasteiger partial charge is 0.128 e. The third-order valence-corrected chi connectivity index (χ3v) is 2.75. The molecular formula is C13H12OS. The summed E-state index contributed by atoms with van der Waals surface area (Å²) in [6.45, 7) is 0. The lowest BCUT2D eigenvalue weighted by Crippen LogP contribution is -1.83. The van der Waals surface area contributed by atoms with Gasteiger partial charge < -0.3 is 4.74 Å². The normalized spacial score (nSPS) is 9.93. The van der Waals surface area contributed by atoms with Gasteiger partial charge in [-0.1, -0.05) is 24.3 Å². The molecule has 0 spiro atoms. The number of benzene rings is 2. The van der Waals surface area contributed by atoms with Crippen LogP contribution in [0.4, 0.5) is 0 Å². The maximum atomic E-state index is 5.71. The Morgan fingerprint density at radius 1 is 0.867 bits per heavy atom. The van der Waals surface area contributed by atoms with Gasteiger partial charge in [0.05, 0.1) is 0 Å². The zero-order chi connectivity index (χ0) is 10.5. The number of ether oxygens (including phenoxy) is 1. The molecule has 0 N–H and O–H groups in total. The molecule has 0 radical (unpaired) electrons. The van der Waals surface area contributed by atoms with Gasteiger partial charge in [-0.25, -0.2) is 0 Å². The standard InChI is InChI=1S/C13H12OS/c1-15-13-9-5-8-12(10-13)14-11-6-3-2-4-7-11/h2-10H,1H3. The van der Waals surface area contributed by atoms with Gasteiger partial charge >= 0.3 is 0 Å². The zero-order valence-corrected chi connectivity index (χ0v) is 9.33. The Morgan fingerprint density at radius 3 is 2.33 bits per heavy atom. The minimum atomic E-state index is 0.871. The van der Waals surface area contributed by atoms with Crippen LogP contribution in [-0.4, -0.2) is 6.26 Å². The van der Waals surface area contributed by atoms with Gasteiger partial charge in [-0.15, -0.1) is 11.8 Å². The van der Waals surface area contributed by atoms with E-state index in [1.54, 1.807) is 11.8 Å². The Morgan fingerprint density at radius 2 is 1.60 bits per heavy atom. The van der Waals surface area contributed by atoms with E-state index < -0.39 is 0 Å². The first-order valence-corrected chi connectivity index (χ1v) is 5.98. The van der Waals surface area contributed by atoms with Gasteiger partial charge in [0, 0.05) is 4.90 Å². The van der Waals surface area contributed by atoms with Gasteiger partial charge in [0.15, 0.2) is 0 Å². The maximum Gasteiger partial charge on any atom is 0.128 e. The van der Waals surface area contributed by atoms with Gasteiger partial charge in [0.25, 0.3) is 0 Å². The summed E-state index contributed by atoms with van der Waals surface area (Å²) in [5.41, 5.74) is 0. The van der Waals surface area contributed by atoms with Crippen LogP contribution in [-0.2, 0) is 0 Å². The fourth-order valence-electron chi connectivity index (χ4n) is 1.29. The van der Waals surface area contributed by atoms with Gasteiger partial charge in [0.2, 0.25) is 0 Å². The molecule has 0 unspecified atom stereocenters. The molecule has 0 aliphatic rings. The third kappa shape index (κ3) is 2.77. The second-order valence-corrected chi connectivity index (χ2v) is 3.97. The minimum Gasteiger partial charge on any atom is -0.457 e. The Bertz CT molecular complexity index is 426. The van der Waals surface area contributed by atoms with E-state index in [1.807, 2.05) is 48.5 Å². The second kappa shape index (κ2) is 4.89. The highest BCUT2D eigenvalue weighted by Gasteiger charge is 1.97. The van der Waals surface area contributed by atoms with Crippen LogP contribution in [0.5, 0.6) is 11.5 Å². The average Bonchev–Trinajstić information content (AvgIpc) is 2.31. The summed E-state index contributed by atoms with van der Waals surface area (Å²) in [5, 5.41) is 0. The number of thioether (sulfide) groups is 1. The number of rotatable bonds is 3. The summed E-state index contributed by atoms with van der Waals surface area (Å²) < 4.78 is 5.71. The van der Waals surface area contributed by atoms with Crippen molar-refractivity contribution in [1.82, 2.24) is 0 Å². The van der Waals surface area contributed by atoms with Crippen molar-refractivity contribution >= 4 is 11.8 Å². The van der Waals surface area contributed by atoms with Crippen molar-refractivity contribution in [2.75, 3.05) is 6.26 Å². The molecule has 0 saturated carbocycles. The molecule has 2 heteroatoms. The summed E-state index contributed by atoms with van der Waals surface area (Å²) in [4.78, 5) is 1.21. The molecule has 76 valence electrons. The molecule has 0 atom stereocenters. The van der Waals surface area contributed by atoms with Gasteiger partial charge in [-0.3, -0.25) is 0 Å². The minimum absolute atomic E-state index is 0.871. The SMILES string of the molecule is CSc1cccc(Oc2ccccc2)c1. The lowest BCUT2D eigenvalue weighted by atomic mass is 10.3. The van der Waals surface area contributed by atoms with Crippen LogP contribution in [0.3, 0.4) is 0 Å². The fraction of sp³-hybridized carbons (Fsp3) is 0.0769. The summed E-state index contributed by atoms with van der Waals surface area (Å²) in [6, 6.07) is 17.9. The molecule has 0 heterocycles. The lowest BCUT2D eigenvalue weighted by Gasteiger charge is -2.06. The van der Waals surface area contributed by atoms with Crippen molar-refractivity contribution in [3.63, 3.8) is 0 Å². The zero-order valence-electron chi connectivity index (χ0n) is 8.51. The van der Waals surface area contributed by atoms with Gasteiger partial charge in [0.1, 0.15) is 11.5 Å². The van der Waals surface area contributed by atoms with Gasteiger partial charge in [-0.2, -0.15) is 0 Å². The van der Waals surface area contributed by atoms with Crippen LogP contribution in [0.2, 0.25) is 0 Å². The van der Waals surface area contributed by atoms with Crippen LogP contribution < -0.4 is 4.74 Å². The molecular weight excluding hydrogens is 204 g/mol. The first kappa shape index (κ1) is 10.1. The molecule has 15 heavy (non-hydrogen) atoms. The first-order valence-electron chi connectivity index (χ1n) is 4.75. The topological polar surface area (TPSA) is 9.23 Å². The molecule has 1 nitrogen and oxygen atoms in total. The Balaban J connectivity index is 2.17. The summed E-state index contributed by atoms with van der Waals surface area (Å²) in [7, 11) is 0. The van der Waals surface area contributed by atoms with Crippen molar-refractivity contribution in [2.24, 2.45) is 0 Å². The number of para-hydroxylation sites is 1. The number of hydrogen-bond acceptors (Lipinski definition) is 2. The largest absolute Gasteiger partial charge is 0.457 e. The van der Waals surface area contributed by atoms with Crippen LogP contribution >= 0.6 is 11.8 Å². The first-order chi connectivity index (χ1) is 7.38. The van der Waals surface area contributed by atoms with E-state index in [4.69, 9.17) is 4.74 Å². The lowest BCUT2D eigenvalue weighted by molar-refractivity contribution is 0.481. The molecule has 2 rings (SSSR count). The van der Waals surface area contributed by atoms with E-state index in [0.717, 1.165) is 11.5 Å². The maximum absolute atomic E-state index is 5.71. The highest BCUT2D eigenvalue weighted by atomic mass is 32.2. The summed E-state index contributed by atoms with van der Waals surface area (Å²) >= 11 is 1.71. The quantitative estimate of drug-likeness (QED) is 0.711. The molecule has 2 aromatic carbocycles. The molecule has 0 aromatic heterocycles. The van der Waals surface area contributed by atoms with E-state index in [9.17, 15) is 0 Å². The Hall–Kier alpha value is -1.41. The monoisotopic (exact) mass is 216 g/mol. The van der Waals surface area contributed by atoms with Crippen molar-refractivity contribution in [3.8, 4) is 11.5 Å². The summed E-state index contributed by atoms with van der Waals surface area (Å²) in [5.74, 6) is 1.75. The van der Waals surface area contributed by atoms with Crippen LogP contribution in [0.25, 0.3) is 0 Å². The summed E-state index contributed by atoms with van der Waals surface area (Å²) in [6.07, 6.45) is 2.06. The highest BCUT2D eigenvalue weighted by molar-refractivity contribution is 7.98. The van der Waals surface area contributed by atoms with Crippen LogP contribution in [0, 0.1) is 0 Å². The van der Waals surface area contributed by atoms with Crippen molar-refractivity contribution in [2.45, 2.75) is 4.90 Å². The van der Waals surface area contributed by atoms with E-state index in [0.29, 0.717) is 0 Å². The van der Waals surface area contributed by atoms with Crippen molar-refractivity contribution in [3.05, 3.63) is 54.6 Å². The fourth-order valence-corrected chi connectivity index (χ4v) is 1.74. The van der Waals surface area contributed by atoms with Gasteiger partial charge in [-0.05, 0) is 36.6 Å². The van der Waals surface area contributed by atoms with Crippen LogP contribution in [0.15, 0.2) is 59.5 Å². The molecule has 0 fully saturated rings.